The molecule has 0 bridgehead atoms. The van der Waals surface area contributed by atoms with Gasteiger partial charge in [0.05, 0.1) is 18.9 Å². The number of rotatable bonds is 5. The highest BCUT2D eigenvalue weighted by atomic mass is 32.2. The van der Waals surface area contributed by atoms with Gasteiger partial charge in [-0.25, -0.2) is 4.79 Å². The molecule has 0 amide bonds. The molecule has 3 rings (SSSR count). The van der Waals surface area contributed by atoms with Crippen molar-refractivity contribution in [3.05, 3.63) is 53.8 Å². The lowest BCUT2D eigenvalue weighted by Gasteiger charge is -2.01. The van der Waals surface area contributed by atoms with Crippen molar-refractivity contribution in [2.75, 3.05) is 7.11 Å². The van der Waals surface area contributed by atoms with E-state index in [1.165, 1.54) is 18.9 Å². The Morgan fingerprint density at radius 1 is 1.23 bits per heavy atom. The Labute approximate surface area is 130 Å². The topological polar surface area (TPSA) is 78.4 Å². The minimum atomic E-state index is -0.348. The Balaban J connectivity index is 1.62. The first kappa shape index (κ1) is 14.4. The highest BCUT2D eigenvalue weighted by Crippen LogP contribution is 2.25. The molecule has 0 radical (unpaired) electrons. The van der Waals surface area contributed by atoms with Crippen LogP contribution in [0.25, 0.3) is 11.7 Å². The number of benzene rings is 1. The number of thioether (sulfide) groups is 1. The molecule has 3 aromatic rings. The molecule has 0 N–H and O–H groups in total. The van der Waals surface area contributed by atoms with Crippen molar-refractivity contribution < 1.29 is 18.4 Å². The van der Waals surface area contributed by atoms with Gasteiger partial charge >= 0.3 is 5.97 Å². The maximum atomic E-state index is 11.3. The average molecular weight is 316 g/mol. The van der Waals surface area contributed by atoms with Gasteiger partial charge in [0.25, 0.3) is 11.1 Å². The zero-order valence-corrected chi connectivity index (χ0v) is 12.5. The molecule has 0 unspecified atom stereocenters. The number of carbonyl (C=O) groups is 1. The van der Waals surface area contributed by atoms with E-state index in [4.69, 9.17) is 8.83 Å². The predicted octanol–water partition coefficient (Wildman–Crippen LogP) is 3.41. The first-order valence-corrected chi connectivity index (χ1v) is 7.42. The summed E-state index contributed by atoms with van der Waals surface area (Å²) in [5.41, 5.74) is 1.56. The Morgan fingerprint density at radius 3 is 2.73 bits per heavy atom. The number of carbonyl (C=O) groups excluding carboxylic acids is 1. The molecule has 7 heteroatoms. The van der Waals surface area contributed by atoms with E-state index in [1.807, 2.05) is 12.1 Å². The number of hydrogen-bond donors (Lipinski definition) is 0. The second-order valence-corrected chi connectivity index (χ2v) is 5.25. The molecule has 0 saturated carbocycles. The highest BCUT2D eigenvalue weighted by Gasteiger charge is 2.11. The second-order valence-electron chi connectivity index (χ2n) is 4.33. The summed E-state index contributed by atoms with van der Waals surface area (Å²) < 4.78 is 15.4. The first-order chi connectivity index (χ1) is 10.8. The SMILES string of the molecule is COC(=O)c1ccc(CSc2nnc(-c3ccco3)o2)cc1. The van der Waals surface area contributed by atoms with Crippen molar-refractivity contribution in [2.24, 2.45) is 0 Å². The van der Waals surface area contributed by atoms with Crippen LogP contribution in [-0.4, -0.2) is 23.3 Å². The predicted molar refractivity (Wildman–Crippen MR) is 79.3 cm³/mol. The number of nitrogens with zero attached hydrogens (tertiary/aromatic N) is 2. The zero-order valence-electron chi connectivity index (χ0n) is 11.7. The number of ether oxygens (including phenoxy) is 1. The van der Waals surface area contributed by atoms with E-state index in [1.54, 1.807) is 30.5 Å². The van der Waals surface area contributed by atoms with Gasteiger partial charge in [-0.2, -0.15) is 0 Å². The molecule has 6 nitrogen and oxygen atoms in total. The van der Waals surface area contributed by atoms with Gasteiger partial charge in [0.2, 0.25) is 0 Å². The quantitative estimate of drug-likeness (QED) is 0.527. The van der Waals surface area contributed by atoms with E-state index in [0.29, 0.717) is 28.2 Å². The Kier molecular flexibility index (Phi) is 4.24. The maximum Gasteiger partial charge on any atom is 0.337 e. The Bertz CT molecular complexity index is 750. The molecule has 0 saturated heterocycles. The van der Waals surface area contributed by atoms with E-state index in [0.717, 1.165) is 5.56 Å². The van der Waals surface area contributed by atoms with Crippen molar-refractivity contribution in [1.29, 1.82) is 0 Å². The van der Waals surface area contributed by atoms with Crippen LogP contribution in [0.2, 0.25) is 0 Å². The third kappa shape index (κ3) is 3.20. The van der Waals surface area contributed by atoms with Gasteiger partial charge in [-0.1, -0.05) is 23.9 Å². The summed E-state index contributed by atoms with van der Waals surface area (Å²) in [4.78, 5) is 11.3. The van der Waals surface area contributed by atoms with E-state index >= 15 is 0 Å². The van der Waals surface area contributed by atoms with Crippen LogP contribution in [0.1, 0.15) is 15.9 Å². The average Bonchev–Trinajstić information content (AvgIpc) is 3.23. The molecule has 0 aliphatic heterocycles. The van der Waals surface area contributed by atoms with Gasteiger partial charge in [-0.15, -0.1) is 10.2 Å². The van der Waals surface area contributed by atoms with Gasteiger partial charge in [-0.3, -0.25) is 0 Å². The van der Waals surface area contributed by atoms with Crippen LogP contribution in [0.4, 0.5) is 0 Å². The summed E-state index contributed by atoms with van der Waals surface area (Å²) >= 11 is 1.41. The largest absolute Gasteiger partial charge is 0.465 e. The third-order valence-electron chi connectivity index (χ3n) is 2.88. The van der Waals surface area contributed by atoms with Gasteiger partial charge in [0.1, 0.15) is 0 Å². The van der Waals surface area contributed by atoms with Crippen LogP contribution in [0.3, 0.4) is 0 Å². The fourth-order valence-corrected chi connectivity index (χ4v) is 2.49. The normalized spacial score (nSPS) is 10.6. The summed E-state index contributed by atoms with van der Waals surface area (Å²) in [6.07, 6.45) is 1.55. The summed E-state index contributed by atoms with van der Waals surface area (Å²) in [6.45, 7) is 0. The zero-order chi connectivity index (χ0) is 15.4. The maximum absolute atomic E-state index is 11.3. The van der Waals surface area contributed by atoms with Gasteiger partial charge in [0.15, 0.2) is 5.76 Å². The molecule has 1 aromatic carbocycles. The summed E-state index contributed by atoms with van der Waals surface area (Å²) in [7, 11) is 1.36. The van der Waals surface area contributed by atoms with E-state index in [2.05, 4.69) is 14.9 Å². The van der Waals surface area contributed by atoms with E-state index in [9.17, 15) is 4.79 Å². The number of furan rings is 1. The van der Waals surface area contributed by atoms with Gasteiger partial charge in [0, 0.05) is 5.75 Å². The molecule has 0 aliphatic carbocycles. The number of esters is 1. The minimum Gasteiger partial charge on any atom is -0.465 e. The van der Waals surface area contributed by atoms with E-state index in [-0.39, 0.29) is 5.97 Å². The molecular formula is C15H12N2O4S. The second kappa shape index (κ2) is 6.48. The van der Waals surface area contributed by atoms with Crippen molar-refractivity contribution in [1.82, 2.24) is 10.2 Å². The molecular weight excluding hydrogens is 304 g/mol. The summed E-state index contributed by atoms with van der Waals surface area (Å²) in [5.74, 6) is 1.20. The number of aromatic nitrogens is 2. The van der Waals surface area contributed by atoms with Crippen molar-refractivity contribution in [3.8, 4) is 11.7 Å². The molecule has 0 spiro atoms. The monoisotopic (exact) mass is 316 g/mol. The number of methoxy groups -OCH3 is 1. The van der Waals surface area contributed by atoms with Crippen LogP contribution in [0, 0.1) is 0 Å². The van der Waals surface area contributed by atoms with Gasteiger partial charge < -0.3 is 13.6 Å². The smallest absolute Gasteiger partial charge is 0.337 e. The van der Waals surface area contributed by atoms with Crippen molar-refractivity contribution in [2.45, 2.75) is 11.0 Å². The summed E-state index contributed by atoms with van der Waals surface area (Å²) in [6, 6.07) is 10.7. The Hall–Kier alpha value is -2.54. The molecule has 112 valence electrons. The van der Waals surface area contributed by atoms with Crippen LogP contribution in [0.5, 0.6) is 0 Å². The molecule has 2 heterocycles. The molecule has 2 aromatic heterocycles. The lowest BCUT2D eigenvalue weighted by atomic mass is 10.1. The van der Waals surface area contributed by atoms with Gasteiger partial charge in [-0.05, 0) is 29.8 Å². The van der Waals surface area contributed by atoms with E-state index < -0.39 is 0 Å². The third-order valence-corrected chi connectivity index (χ3v) is 3.77. The fraction of sp³-hybridized carbons (Fsp3) is 0.133. The lowest BCUT2D eigenvalue weighted by Crippen LogP contribution is -2.00. The lowest BCUT2D eigenvalue weighted by molar-refractivity contribution is 0.0600. The Morgan fingerprint density at radius 2 is 2.05 bits per heavy atom. The first-order valence-electron chi connectivity index (χ1n) is 6.43. The highest BCUT2D eigenvalue weighted by molar-refractivity contribution is 7.98. The van der Waals surface area contributed by atoms with Crippen molar-refractivity contribution >= 4 is 17.7 Å². The molecule has 22 heavy (non-hydrogen) atoms. The van der Waals surface area contributed by atoms with Crippen LogP contribution in [-0.2, 0) is 10.5 Å². The number of hydrogen-bond acceptors (Lipinski definition) is 7. The molecule has 0 fully saturated rings. The standard InChI is InChI=1S/C15H12N2O4S/c1-19-14(18)11-6-4-10(5-7-11)9-22-15-17-16-13(21-15)12-3-2-8-20-12/h2-8H,9H2,1H3. The fourth-order valence-electron chi connectivity index (χ4n) is 1.77. The van der Waals surface area contributed by atoms with Crippen molar-refractivity contribution in [3.63, 3.8) is 0 Å². The summed E-state index contributed by atoms with van der Waals surface area (Å²) in [5, 5.41) is 8.35. The minimum absolute atomic E-state index is 0.348. The molecule has 0 atom stereocenters. The molecule has 0 aliphatic rings. The van der Waals surface area contributed by atoms with Crippen LogP contribution in [0.15, 0.2) is 56.7 Å². The van der Waals surface area contributed by atoms with Crippen LogP contribution >= 0.6 is 11.8 Å². The van der Waals surface area contributed by atoms with Crippen LogP contribution < -0.4 is 0 Å².